The first-order chi connectivity index (χ1) is 15.4. The quantitative estimate of drug-likeness (QED) is 0.369. The summed E-state index contributed by atoms with van der Waals surface area (Å²) < 4.78 is 163. The molecule has 186 valence electrons. The van der Waals surface area contributed by atoms with Crippen LogP contribution in [0.1, 0.15) is 0 Å². The minimum absolute atomic E-state index is 0.00464. The van der Waals surface area contributed by atoms with Gasteiger partial charge >= 0.3 is 41.9 Å². The van der Waals surface area contributed by atoms with Crippen LogP contribution in [0, 0.1) is 0 Å². The average Bonchev–Trinajstić information content (AvgIpc) is 2.76. The summed E-state index contributed by atoms with van der Waals surface area (Å²) in [6, 6.07) is 9.35. The molecule has 1 aliphatic heterocycles. The van der Waals surface area contributed by atoms with Gasteiger partial charge in [0, 0.05) is 9.79 Å². The first kappa shape index (κ1) is 26.0. The minimum atomic E-state index is -7.79. The number of alkyl halides is 12. The monoisotopic (exact) mass is 527 g/mol. The fourth-order valence-corrected chi connectivity index (χ4v) is 4.00. The summed E-state index contributed by atoms with van der Waals surface area (Å²) in [5.74, 6) is -40.1. The fourth-order valence-electron chi connectivity index (χ4n) is 2.94. The van der Waals surface area contributed by atoms with Gasteiger partial charge in [0.15, 0.2) is 0 Å². The highest BCUT2D eigenvalue weighted by atomic mass is 32.2. The van der Waals surface area contributed by atoms with Crippen molar-refractivity contribution in [3.05, 3.63) is 48.5 Å². The van der Waals surface area contributed by atoms with E-state index in [1.165, 1.54) is 24.3 Å². The van der Waals surface area contributed by atoms with Gasteiger partial charge in [-0.3, -0.25) is 9.69 Å². The van der Waals surface area contributed by atoms with E-state index in [-0.39, 0.29) is 14.7 Å². The molecule has 1 heterocycles. The third-order valence-corrected chi connectivity index (χ3v) is 5.91. The van der Waals surface area contributed by atoms with Crippen molar-refractivity contribution in [1.29, 1.82) is 0 Å². The lowest BCUT2D eigenvalue weighted by Gasteiger charge is -2.40. The standard InChI is InChI=1S/C19H9F12NOS/c20-13(21)15(22,23)17(26,27)19(30,31)18(28,29)16(24,25)14(33)32-9-5-1-3-7-11(9)34-12-8-4-2-6-10(12)32/h1-8,13H. The second-order valence-corrected chi connectivity index (χ2v) is 7.98. The molecular formula is C19H9F12NOS. The molecule has 0 aliphatic carbocycles. The van der Waals surface area contributed by atoms with Crippen molar-refractivity contribution >= 4 is 29.0 Å². The van der Waals surface area contributed by atoms with Gasteiger partial charge < -0.3 is 0 Å². The molecule has 0 radical (unpaired) electrons. The lowest BCUT2D eigenvalue weighted by molar-refractivity contribution is -0.406. The van der Waals surface area contributed by atoms with Crippen molar-refractivity contribution in [2.45, 2.75) is 45.8 Å². The predicted molar refractivity (Wildman–Crippen MR) is 94.9 cm³/mol. The zero-order valence-corrected chi connectivity index (χ0v) is 16.8. The first-order valence-electron chi connectivity index (χ1n) is 8.80. The van der Waals surface area contributed by atoms with Gasteiger partial charge in [-0.15, -0.1) is 0 Å². The molecule has 3 rings (SSSR count). The third-order valence-electron chi connectivity index (χ3n) is 4.78. The molecule has 0 atom stereocenters. The number of amides is 1. The summed E-state index contributed by atoms with van der Waals surface area (Å²) in [6.45, 7) is 0. The molecule has 15 heteroatoms. The van der Waals surface area contributed by atoms with Gasteiger partial charge in [0.05, 0.1) is 11.4 Å². The molecule has 0 saturated carbocycles. The molecule has 2 aromatic carbocycles. The lowest BCUT2D eigenvalue weighted by Crippen LogP contribution is -2.71. The molecule has 0 aromatic heterocycles. The molecule has 2 nitrogen and oxygen atoms in total. The number of carbonyl (C=O) groups is 1. The fraction of sp³-hybridized carbons (Fsp3) is 0.316. The van der Waals surface area contributed by atoms with Crippen molar-refractivity contribution in [3.8, 4) is 0 Å². The maximum Gasteiger partial charge on any atom is 0.393 e. The molecule has 0 unspecified atom stereocenters. The van der Waals surface area contributed by atoms with Crippen LogP contribution in [0.15, 0.2) is 58.3 Å². The highest BCUT2D eigenvalue weighted by molar-refractivity contribution is 7.99. The van der Waals surface area contributed by atoms with E-state index >= 15 is 0 Å². The molecule has 0 N–H and O–H groups in total. The van der Waals surface area contributed by atoms with Crippen molar-refractivity contribution in [2.75, 3.05) is 4.90 Å². The number of carbonyl (C=O) groups excluding carboxylic acids is 1. The van der Waals surface area contributed by atoms with Gasteiger partial charge in [-0.2, -0.15) is 43.9 Å². The van der Waals surface area contributed by atoms with Crippen LogP contribution in [0.4, 0.5) is 64.1 Å². The van der Waals surface area contributed by atoms with Crippen LogP contribution < -0.4 is 4.90 Å². The van der Waals surface area contributed by atoms with E-state index in [1.54, 1.807) is 0 Å². The lowest BCUT2D eigenvalue weighted by atomic mass is 9.93. The number of hydrogen-bond donors (Lipinski definition) is 0. The van der Waals surface area contributed by atoms with Crippen molar-refractivity contribution < 1.29 is 57.5 Å². The van der Waals surface area contributed by atoms with Crippen molar-refractivity contribution in [3.63, 3.8) is 0 Å². The molecule has 1 aliphatic rings. The predicted octanol–water partition coefficient (Wildman–Crippen LogP) is 7.26. The summed E-state index contributed by atoms with van der Waals surface area (Å²) in [5.41, 5.74) is -1.06. The highest BCUT2D eigenvalue weighted by Crippen LogP contribution is 2.59. The summed E-state index contributed by atoms with van der Waals surface area (Å²) in [6.07, 6.45) is -5.62. The Morgan fingerprint density at radius 2 is 1.09 bits per heavy atom. The SMILES string of the molecule is O=C(N1c2ccccc2Sc2ccccc21)C(F)(F)C(F)(F)C(F)(F)C(F)(F)C(F)(F)C(F)F. The number of benzene rings is 2. The van der Waals surface area contributed by atoms with E-state index in [4.69, 9.17) is 0 Å². The summed E-state index contributed by atoms with van der Waals surface area (Å²) in [7, 11) is 0. The van der Waals surface area contributed by atoms with Crippen LogP contribution in [0.3, 0.4) is 0 Å². The minimum Gasteiger partial charge on any atom is -0.273 e. The van der Waals surface area contributed by atoms with Gasteiger partial charge in [0.1, 0.15) is 0 Å². The van der Waals surface area contributed by atoms with Crippen LogP contribution in [0.25, 0.3) is 0 Å². The number of anilines is 2. The number of fused-ring (bicyclic) bond motifs is 2. The van der Waals surface area contributed by atoms with E-state index in [0.29, 0.717) is 0 Å². The highest BCUT2D eigenvalue weighted by Gasteiger charge is 2.89. The molecule has 0 fully saturated rings. The molecule has 0 spiro atoms. The smallest absolute Gasteiger partial charge is 0.273 e. The molecule has 0 bridgehead atoms. The number of para-hydroxylation sites is 2. The number of nitrogens with zero attached hydrogens (tertiary/aromatic N) is 1. The summed E-state index contributed by atoms with van der Waals surface area (Å²) in [5, 5.41) is 0. The van der Waals surface area contributed by atoms with E-state index in [1.807, 2.05) is 0 Å². The zero-order chi connectivity index (χ0) is 25.9. The second-order valence-electron chi connectivity index (χ2n) is 6.90. The Hall–Kier alpha value is -2.58. The van der Waals surface area contributed by atoms with E-state index < -0.39 is 53.3 Å². The van der Waals surface area contributed by atoms with Crippen molar-refractivity contribution in [2.24, 2.45) is 0 Å². The van der Waals surface area contributed by atoms with Crippen LogP contribution in [0.5, 0.6) is 0 Å². The third kappa shape index (κ3) is 3.41. The molecule has 0 saturated heterocycles. The first-order valence-corrected chi connectivity index (χ1v) is 9.62. The molecular weight excluding hydrogens is 518 g/mol. The zero-order valence-electron chi connectivity index (χ0n) is 16.0. The van der Waals surface area contributed by atoms with Gasteiger partial charge in [-0.1, -0.05) is 36.0 Å². The largest absolute Gasteiger partial charge is 0.393 e. The van der Waals surface area contributed by atoms with Gasteiger partial charge in [-0.05, 0) is 24.3 Å². The van der Waals surface area contributed by atoms with Gasteiger partial charge in [0.25, 0.3) is 0 Å². The summed E-state index contributed by atoms with van der Waals surface area (Å²) in [4.78, 5) is 12.4. The Kier molecular flexibility index (Phi) is 6.11. The number of halogens is 12. The number of rotatable bonds is 6. The van der Waals surface area contributed by atoms with Crippen molar-refractivity contribution in [1.82, 2.24) is 0 Å². The van der Waals surface area contributed by atoms with E-state index in [9.17, 15) is 57.5 Å². The normalized spacial score (nSPS) is 15.3. The summed E-state index contributed by atoms with van der Waals surface area (Å²) >= 11 is 0.861. The van der Waals surface area contributed by atoms with Crippen LogP contribution in [-0.4, -0.2) is 41.9 Å². The maximum absolute atomic E-state index is 14.6. The Morgan fingerprint density at radius 3 is 1.50 bits per heavy atom. The van der Waals surface area contributed by atoms with E-state index in [2.05, 4.69) is 0 Å². The molecule has 34 heavy (non-hydrogen) atoms. The Morgan fingerprint density at radius 1 is 0.676 bits per heavy atom. The maximum atomic E-state index is 14.6. The topological polar surface area (TPSA) is 20.3 Å². The van der Waals surface area contributed by atoms with Crippen LogP contribution in [-0.2, 0) is 4.79 Å². The molecule has 1 amide bonds. The second kappa shape index (κ2) is 7.99. The van der Waals surface area contributed by atoms with Gasteiger partial charge in [0.2, 0.25) is 0 Å². The Bertz CT molecular complexity index is 1060. The molecule has 2 aromatic rings. The van der Waals surface area contributed by atoms with Crippen LogP contribution in [0.2, 0.25) is 0 Å². The number of hydrogen-bond acceptors (Lipinski definition) is 2. The Balaban J connectivity index is 2.15. The van der Waals surface area contributed by atoms with Crippen LogP contribution >= 0.6 is 11.8 Å². The Labute approximate surface area is 186 Å². The average molecular weight is 527 g/mol. The van der Waals surface area contributed by atoms with E-state index in [0.717, 1.165) is 36.0 Å². The van der Waals surface area contributed by atoms with Gasteiger partial charge in [-0.25, -0.2) is 8.78 Å².